The molecule has 0 aliphatic heterocycles. The Hall–Kier alpha value is -2.75. The summed E-state index contributed by atoms with van der Waals surface area (Å²) in [4.78, 5) is 14.6. The van der Waals surface area contributed by atoms with Crippen molar-refractivity contribution in [3.8, 4) is 5.75 Å². The van der Waals surface area contributed by atoms with E-state index in [1.807, 2.05) is 31.2 Å². The first kappa shape index (κ1) is 18.6. The van der Waals surface area contributed by atoms with Crippen LogP contribution in [-0.2, 0) is 0 Å². The lowest BCUT2D eigenvalue weighted by Gasteiger charge is -2.21. The highest BCUT2D eigenvalue weighted by Gasteiger charge is 2.07. The topological polar surface area (TPSA) is 41.6 Å². The van der Waals surface area contributed by atoms with Crippen LogP contribution in [0.25, 0.3) is 0 Å². The number of amides is 1. The second-order valence-corrected chi connectivity index (χ2v) is 5.94. The van der Waals surface area contributed by atoms with Crippen molar-refractivity contribution >= 4 is 17.3 Å². The summed E-state index contributed by atoms with van der Waals surface area (Å²) in [6, 6.07) is 15.0. The third kappa shape index (κ3) is 5.38. The number of benzene rings is 2. The van der Waals surface area contributed by atoms with E-state index in [0.29, 0.717) is 12.2 Å². The highest BCUT2D eigenvalue weighted by Crippen LogP contribution is 2.19. The van der Waals surface area contributed by atoms with Crippen molar-refractivity contribution in [3.05, 3.63) is 66.2 Å². The highest BCUT2D eigenvalue weighted by atomic mass is 16.5. The monoisotopic (exact) mass is 338 g/mol. The number of hydrogen-bond acceptors (Lipinski definition) is 3. The molecule has 1 amide bonds. The van der Waals surface area contributed by atoms with E-state index in [1.165, 1.54) is 0 Å². The maximum Gasteiger partial charge on any atom is 0.255 e. The van der Waals surface area contributed by atoms with E-state index >= 15 is 0 Å². The van der Waals surface area contributed by atoms with Crippen LogP contribution < -0.4 is 15.0 Å². The molecule has 0 bridgehead atoms. The molecule has 4 heteroatoms. The highest BCUT2D eigenvalue weighted by molar-refractivity contribution is 6.04. The average Bonchev–Trinajstić information content (AvgIpc) is 2.62. The Morgan fingerprint density at radius 3 is 2.16 bits per heavy atom. The molecule has 0 aromatic heterocycles. The van der Waals surface area contributed by atoms with Gasteiger partial charge in [0.25, 0.3) is 5.91 Å². The van der Waals surface area contributed by atoms with Crippen molar-refractivity contribution in [1.29, 1.82) is 0 Å². The van der Waals surface area contributed by atoms with Gasteiger partial charge in [0.2, 0.25) is 0 Å². The summed E-state index contributed by atoms with van der Waals surface area (Å²) in [6.45, 7) is 12.4. The van der Waals surface area contributed by atoms with Crippen molar-refractivity contribution in [2.75, 3.05) is 29.9 Å². The SMILES string of the molecule is C=C(C)COc1ccc(C(=O)Nc2ccc(N(CC)CC)cc2)cc1. The molecule has 0 radical (unpaired) electrons. The molecule has 132 valence electrons. The number of ether oxygens (including phenoxy) is 1. The lowest BCUT2D eigenvalue weighted by Crippen LogP contribution is -2.21. The smallest absolute Gasteiger partial charge is 0.255 e. The van der Waals surface area contributed by atoms with Crippen molar-refractivity contribution in [1.82, 2.24) is 0 Å². The number of anilines is 2. The summed E-state index contributed by atoms with van der Waals surface area (Å²) in [5.41, 5.74) is 3.48. The summed E-state index contributed by atoms with van der Waals surface area (Å²) >= 11 is 0. The first-order chi connectivity index (χ1) is 12.0. The lowest BCUT2D eigenvalue weighted by atomic mass is 10.2. The van der Waals surface area contributed by atoms with Gasteiger partial charge in [0.15, 0.2) is 0 Å². The van der Waals surface area contributed by atoms with E-state index in [2.05, 4.69) is 30.6 Å². The molecule has 0 spiro atoms. The van der Waals surface area contributed by atoms with Crippen molar-refractivity contribution < 1.29 is 9.53 Å². The van der Waals surface area contributed by atoms with Crippen molar-refractivity contribution in [2.45, 2.75) is 20.8 Å². The Balaban J connectivity index is 1.98. The molecule has 0 saturated heterocycles. The minimum Gasteiger partial charge on any atom is -0.489 e. The van der Waals surface area contributed by atoms with Gasteiger partial charge in [-0.15, -0.1) is 0 Å². The van der Waals surface area contributed by atoms with Gasteiger partial charge in [-0.1, -0.05) is 6.58 Å². The van der Waals surface area contributed by atoms with Gasteiger partial charge < -0.3 is 15.0 Å². The van der Waals surface area contributed by atoms with Gasteiger partial charge in [-0.3, -0.25) is 4.79 Å². The zero-order chi connectivity index (χ0) is 18.2. The molecule has 0 saturated carbocycles. The van der Waals surface area contributed by atoms with Crippen LogP contribution in [0.2, 0.25) is 0 Å². The largest absolute Gasteiger partial charge is 0.489 e. The first-order valence-corrected chi connectivity index (χ1v) is 8.57. The van der Waals surface area contributed by atoms with Gasteiger partial charge in [-0.25, -0.2) is 0 Å². The fourth-order valence-corrected chi connectivity index (χ4v) is 2.46. The van der Waals surface area contributed by atoms with E-state index in [0.717, 1.165) is 35.8 Å². The van der Waals surface area contributed by atoms with Gasteiger partial charge in [-0.05, 0) is 74.9 Å². The lowest BCUT2D eigenvalue weighted by molar-refractivity contribution is 0.102. The molecule has 2 aromatic carbocycles. The van der Waals surface area contributed by atoms with E-state index in [9.17, 15) is 4.79 Å². The fraction of sp³-hybridized carbons (Fsp3) is 0.286. The quantitative estimate of drug-likeness (QED) is 0.707. The molecule has 0 fully saturated rings. The molecule has 1 N–H and O–H groups in total. The van der Waals surface area contributed by atoms with Crippen LogP contribution in [-0.4, -0.2) is 25.6 Å². The summed E-state index contributed by atoms with van der Waals surface area (Å²) in [7, 11) is 0. The van der Waals surface area contributed by atoms with Crippen LogP contribution in [0.3, 0.4) is 0 Å². The molecule has 2 rings (SSSR count). The van der Waals surface area contributed by atoms with E-state index in [-0.39, 0.29) is 5.91 Å². The average molecular weight is 338 g/mol. The predicted molar refractivity (Wildman–Crippen MR) is 105 cm³/mol. The Morgan fingerprint density at radius 1 is 1.04 bits per heavy atom. The number of rotatable bonds is 8. The molecular formula is C21H26N2O2. The second-order valence-electron chi connectivity index (χ2n) is 5.94. The predicted octanol–water partition coefficient (Wildman–Crippen LogP) is 4.74. The molecule has 4 nitrogen and oxygen atoms in total. The molecule has 0 aliphatic rings. The number of carbonyl (C=O) groups excluding carboxylic acids is 1. The number of nitrogens with zero attached hydrogens (tertiary/aromatic N) is 1. The van der Waals surface area contributed by atoms with Gasteiger partial charge in [0.1, 0.15) is 12.4 Å². The number of carbonyl (C=O) groups is 1. The van der Waals surface area contributed by atoms with E-state index in [1.54, 1.807) is 24.3 Å². The van der Waals surface area contributed by atoms with Crippen molar-refractivity contribution in [2.24, 2.45) is 0 Å². The van der Waals surface area contributed by atoms with Gasteiger partial charge >= 0.3 is 0 Å². The standard InChI is InChI=1S/C21H26N2O2/c1-5-23(6-2)19-11-9-18(10-12-19)22-21(24)17-7-13-20(14-8-17)25-15-16(3)4/h7-14H,3,5-6,15H2,1-2,4H3,(H,22,24). The van der Waals surface area contributed by atoms with Crippen LogP contribution >= 0.6 is 0 Å². The van der Waals surface area contributed by atoms with Gasteiger partial charge in [-0.2, -0.15) is 0 Å². The maximum atomic E-state index is 12.3. The van der Waals surface area contributed by atoms with Crippen LogP contribution in [0.1, 0.15) is 31.1 Å². The molecule has 0 heterocycles. The van der Waals surface area contributed by atoms with Crippen LogP contribution in [0.15, 0.2) is 60.7 Å². The zero-order valence-corrected chi connectivity index (χ0v) is 15.2. The van der Waals surface area contributed by atoms with E-state index < -0.39 is 0 Å². The summed E-state index contributed by atoms with van der Waals surface area (Å²) in [6.07, 6.45) is 0. The van der Waals surface area contributed by atoms with Crippen LogP contribution in [0.5, 0.6) is 5.75 Å². The normalized spacial score (nSPS) is 10.2. The Kier molecular flexibility index (Phi) is 6.63. The van der Waals surface area contributed by atoms with Gasteiger partial charge in [0.05, 0.1) is 0 Å². The summed E-state index contributed by atoms with van der Waals surface area (Å²) in [5.74, 6) is 0.588. The van der Waals surface area contributed by atoms with Crippen LogP contribution in [0.4, 0.5) is 11.4 Å². The Morgan fingerprint density at radius 2 is 1.64 bits per heavy atom. The third-order valence-corrected chi connectivity index (χ3v) is 3.86. The fourth-order valence-electron chi connectivity index (χ4n) is 2.46. The molecule has 0 aliphatic carbocycles. The first-order valence-electron chi connectivity index (χ1n) is 8.57. The summed E-state index contributed by atoms with van der Waals surface area (Å²) in [5, 5.41) is 2.92. The minimum atomic E-state index is -0.137. The number of hydrogen-bond donors (Lipinski definition) is 1. The molecule has 0 atom stereocenters. The molecule has 0 unspecified atom stereocenters. The Bertz CT molecular complexity index is 702. The van der Waals surface area contributed by atoms with Crippen LogP contribution in [0, 0.1) is 0 Å². The number of nitrogens with one attached hydrogen (secondary N) is 1. The molecule has 25 heavy (non-hydrogen) atoms. The zero-order valence-electron chi connectivity index (χ0n) is 15.2. The Labute approximate surface area is 150 Å². The van der Waals surface area contributed by atoms with Crippen molar-refractivity contribution in [3.63, 3.8) is 0 Å². The molecular weight excluding hydrogens is 312 g/mol. The van der Waals surface area contributed by atoms with Gasteiger partial charge in [0, 0.05) is 30.0 Å². The molecule has 2 aromatic rings. The second kappa shape index (κ2) is 8.92. The maximum absolute atomic E-state index is 12.3. The summed E-state index contributed by atoms with van der Waals surface area (Å²) < 4.78 is 5.54. The van der Waals surface area contributed by atoms with E-state index in [4.69, 9.17) is 4.74 Å². The third-order valence-electron chi connectivity index (χ3n) is 3.86. The minimum absolute atomic E-state index is 0.137.